The minimum Gasteiger partial charge on any atom is -0.255 e. The molecule has 0 spiro atoms. The molecule has 3 rings (SSSR count). The molecule has 0 radical (unpaired) electrons. The molecule has 3 fully saturated rings. The number of hydrogen-bond acceptors (Lipinski definition) is 3. The largest absolute Gasteiger partial charge is 0.255 e. The number of unbranched alkanes of at least 4 members (excludes halogenated alkanes) is 1. The van der Waals surface area contributed by atoms with E-state index in [1.807, 2.05) is 0 Å². The average Bonchev–Trinajstić information content (AvgIpc) is 3.33. The number of rotatable bonds is 7. The van der Waals surface area contributed by atoms with Gasteiger partial charge in [-0.05, 0) is 44.9 Å². The van der Waals surface area contributed by atoms with Crippen LogP contribution in [0.3, 0.4) is 0 Å². The summed E-state index contributed by atoms with van der Waals surface area (Å²) in [4.78, 5) is -1.21. The Morgan fingerprint density at radius 1 is 0.826 bits per heavy atom. The predicted molar refractivity (Wildman–Crippen MR) is 119 cm³/mol. The highest BCUT2D eigenvalue weighted by molar-refractivity contribution is 14.2. The molecule has 23 heavy (non-hydrogen) atoms. The predicted octanol–water partition coefficient (Wildman–Crippen LogP) is 5.29. The lowest BCUT2D eigenvalue weighted by Crippen LogP contribution is -2.37. The van der Waals surface area contributed by atoms with E-state index in [0.29, 0.717) is 0 Å². The highest BCUT2D eigenvalue weighted by atomic mass is 127. The molecule has 3 aliphatic rings. The summed E-state index contributed by atoms with van der Waals surface area (Å²) < 4.78 is 11.8. The third-order valence-electron chi connectivity index (χ3n) is 5.19. The summed E-state index contributed by atoms with van der Waals surface area (Å²) in [7, 11) is 0. The van der Waals surface area contributed by atoms with Gasteiger partial charge in [0.15, 0.2) is 0 Å². The molecule has 3 saturated heterocycles. The van der Waals surface area contributed by atoms with Crippen LogP contribution >= 0.6 is 48.2 Å². The van der Waals surface area contributed by atoms with E-state index in [1.165, 1.54) is 97.2 Å². The van der Waals surface area contributed by atoms with E-state index in [0.717, 1.165) is 0 Å². The lowest BCUT2D eigenvalue weighted by atomic mass is 10.3. The van der Waals surface area contributed by atoms with Crippen molar-refractivity contribution < 1.29 is 0 Å². The second-order valence-corrected chi connectivity index (χ2v) is 19.1. The summed E-state index contributed by atoms with van der Waals surface area (Å²) in [6.07, 6.45) is 11.3. The van der Waals surface area contributed by atoms with Crippen molar-refractivity contribution in [3.8, 4) is 0 Å². The van der Waals surface area contributed by atoms with Gasteiger partial charge in [0.25, 0.3) is 0 Å². The molecule has 0 N–H and O–H groups in total. The fraction of sp³-hybridized carbons (Fsp3) is 1.00. The molecule has 7 heteroatoms. The van der Waals surface area contributed by atoms with Gasteiger partial charge in [-0.15, -0.1) is 0 Å². The van der Waals surface area contributed by atoms with Crippen molar-refractivity contribution in [1.29, 1.82) is 0 Å². The first-order valence-corrected chi connectivity index (χ1v) is 15.9. The zero-order valence-corrected chi connectivity index (χ0v) is 19.8. The monoisotopic (exact) mass is 566 g/mol. The van der Waals surface area contributed by atoms with Crippen molar-refractivity contribution in [2.24, 2.45) is 0 Å². The average molecular weight is 566 g/mol. The third kappa shape index (κ3) is 4.53. The van der Waals surface area contributed by atoms with Gasteiger partial charge in [0, 0.05) is 89.1 Å². The fourth-order valence-electron chi connectivity index (χ4n) is 3.97. The quantitative estimate of drug-likeness (QED) is 0.236. The Labute approximate surface area is 166 Å². The van der Waals surface area contributed by atoms with Crippen molar-refractivity contribution in [3.05, 3.63) is 0 Å². The van der Waals surface area contributed by atoms with Crippen LogP contribution < -0.4 is 0 Å². The molecule has 3 aliphatic heterocycles. The minimum atomic E-state index is -1.21. The number of hydrogen-bond donors (Lipinski definition) is 0. The van der Waals surface area contributed by atoms with Gasteiger partial charge in [0.1, 0.15) is 4.89 Å². The van der Waals surface area contributed by atoms with E-state index < -0.39 is 4.89 Å². The van der Waals surface area contributed by atoms with Gasteiger partial charge in [0.05, 0.1) is 0 Å². The van der Waals surface area contributed by atoms with Crippen LogP contribution in [-0.2, 0) is 0 Å². The summed E-state index contributed by atoms with van der Waals surface area (Å²) in [6.45, 7) is 11.9. The van der Waals surface area contributed by atoms with Gasteiger partial charge >= 0.3 is 0 Å². The standard InChI is InChI=1S/C16H33I2N4P/c1-2-3-16-22(17)18-23(19-10-4-5-11-19,20-12-6-7-13-20)21-14-8-9-15-21/h2-16H2,1H3. The molecule has 136 valence electrons. The van der Waals surface area contributed by atoms with E-state index in [1.54, 1.807) is 0 Å². The summed E-state index contributed by atoms with van der Waals surface area (Å²) in [5, 5.41) is 0. The molecule has 0 saturated carbocycles. The van der Waals surface area contributed by atoms with Crippen LogP contribution in [0.2, 0.25) is 0 Å². The van der Waals surface area contributed by atoms with Crippen LogP contribution in [0, 0.1) is 0 Å². The molecule has 0 aromatic rings. The van der Waals surface area contributed by atoms with Gasteiger partial charge in [-0.25, -0.2) is 0 Å². The Morgan fingerprint density at radius 3 is 1.57 bits per heavy atom. The van der Waals surface area contributed by atoms with Crippen LogP contribution in [-0.4, -0.2) is 61.2 Å². The highest BCUT2D eigenvalue weighted by Gasteiger charge is 2.42. The SMILES string of the molecule is CCCCN(I)I=P(N1CCCC1)(N1CCCC1)N1CCCC1. The molecule has 3 heterocycles. The van der Waals surface area contributed by atoms with Crippen LogP contribution in [0.4, 0.5) is 0 Å². The molecule has 0 aromatic carbocycles. The summed E-state index contributed by atoms with van der Waals surface area (Å²) >= 11 is 2.75. The van der Waals surface area contributed by atoms with Crippen LogP contribution in [0.15, 0.2) is 0 Å². The Morgan fingerprint density at radius 2 is 1.22 bits per heavy atom. The molecule has 4 nitrogen and oxygen atoms in total. The molecule has 0 amide bonds. The lowest BCUT2D eigenvalue weighted by Gasteiger charge is -2.47. The number of halogens is 2. The second kappa shape index (κ2) is 9.60. The Bertz CT molecular complexity index is 369. The normalized spacial score (nSPS) is 25.2. The van der Waals surface area contributed by atoms with Crippen molar-refractivity contribution in [3.63, 3.8) is 0 Å². The lowest BCUT2D eigenvalue weighted by molar-refractivity contribution is 0.396. The highest BCUT2D eigenvalue weighted by Crippen LogP contribution is 2.69. The molecule has 0 aromatic heterocycles. The smallest absolute Gasteiger partial charge is 0.125 e. The number of nitrogens with zero attached hydrogens (tertiary/aromatic N) is 4. The zero-order chi connectivity index (χ0) is 16.1. The van der Waals surface area contributed by atoms with E-state index >= 15 is 0 Å². The minimum absolute atomic E-state index is 0.0668. The van der Waals surface area contributed by atoms with Gasteiger partial charge in [0.2, 0.25) is 0 Å². The molecule has 0 bridgehead atoms. The van der Waals surface area contributed by atoms with E-state index in [2.05, 4.69) is 45.1 Å². The van der Waals surface area contributed by atoms with Crippen molar-refractivity contribution in [2.75, 3.05) is 45.8 Å². The van der Waals surface area contributed by atoms with E-state index in [4.69, 9.17) is 0 Å². The molecular weight excluding hydrogens is 533 g/mol. The van der Waals surface area contributed by atoms with E-state index in [9.17, 15) is 0 Å². The zero-order valence-electron chi connectivity index (χ0n) is 14.6. The maximum Gasteiger partial charge on any atom is 0.125 e. The molecule has 0 aliphatic carbocycles. The second-order valence-electron chi connectivity index (χ2n) is 6.93. The van der Waals surface area contributed by atoms with Gasteiger partial charge in [-0.2, -0.15) is 1.33 Å². The molecular formula is C16H33I2N4P. The molecule has 0 atom stereocenters. The topological polar surface area (TPSA) is 13.0 Å². The van der Waals surface area contributed by atoms with Crippen molar-refractivity contribution in [2.45, 2.75) is 58.3 Å². The Balaban J connectivity index is 1.95. The summed E-state index contributed by atoms with van der Waals surface area (Å²) in [6, 6.07) is 0. The van der Waals surface area contributed by atoms with Crippen molar-refractivity contribution >= 4 is 48.2 Å². The Kier molecular flexibility index (Phi) is 8.14. The van der Waals surface area contributed by atoms with Gasteiger partial charge in [-0.3, -0.25) is 14.0 Å². The summed E-state index contributed by atoms with van der Waals surface area (Å²) in [5.41, 5.74) is 0. The fourth-order valence-corrected chi connectivity index (χ4v) is 22.0. The van der Waals surface area contributed by atoms with Crippen LogP contribution in [0.25, 0.3) is 0 Å². The Hall–Kier alpha value is 1.73. The van der Waals surface area contributed by atoms with Crippen molar-refractivity contribution in [1.82, 2.24) is 15.3 Å². The summed E-state index contributed by atoms with van der Waals surface area (Å²) in [5.74, 6) is 0. The van der Waals surface area contributed by atoms with Crippen LogP contribution in [0.5, 0.6) is 0 Å². The van der Waals surface area contributed by atoms with E-state index in [-0.39, 0.29) is 20.4 Å². The van der Waals surface area contributed by atoms with Crippen LogP contribution in [0.1, 0.15) is 58.3 Å². The first-order chi connectivity index (χ1) is 11.3. The van der Waals surface area contributed by atoms with Gasteiger partial charge < -0.3 is 0 Å². The first kappa shape index (κ1) is 19.5. The maximum absolute atomic E-state index is 3.01. The maximum atomic E-state index is 3.01. The molecule has 0 unspecified atom stereocenters. The third-order valence-corrected chi connectivity index (χ3v) is 21.8. The van der Waals surface area contributed by atoms with Gasteiger partial charge in [-0.1, -0.05) is 13.3 Å². The first-order valence-electron chi connectivity index (χ1n) is 9.53.